The molecule has 0 N–H and O–H groups in total. The molecule has 1 unspecified atom stereocenters. The largest absolute Gasteiger partial charge is 0.375 e. The highest BCUT2D eigenvalue weighted by atomic mass is 16.5. The smallest absolute Gasteiger partial charge is 0.0578 e. The van der Waals surface area contributed by atoms with Gasteiger partial charge in [-0.05, 0) is 25.7 Å². The van der Waals surface area contributed by atoms with Gasteiger partial charge in [0.05, 0.1) is 12.2 Å². The molecule has 1 fully saturated rings. The topological polar surface area (TPSA) is 9.23 Å². The van der Waals surface area contributed by atoms with Crippen molar-refractivity contribution in [2.75, 3.05) is 0 Å². The number of unbranched alkanes of at least 4 members (excludes halogenated alkanes) is 5. The van der Waals surface area contributed by atoms with E-state index in [1.807, 2.05) is 0 Å². The van der Waals surface area contributed by atoms with Crippen molar-refractivity contribution in [3.05, 3.63) is 0 Å². The zero-order chi connectivity index (χ0) is 13.8. The summed E-state index contributed by atoms with van der Waals surface area (Å²) < 4.78 is 6.36. The first-order chi connectivity index (χ1) is 9.36. The lowest BCUT2D eigenvalue weighted by atomic mass is 9.97. The lowest BCUT2D eigenvalue weighted by molar-refractivity contribution is -0.0381. The Kier molecular flexibility index (Phi) is 10.5. The summed E-state index contributed by atoms with van der Waals surface area (Å²) in [6.45, 7) is 4.58. The Labute approximate surface area is 121 Å². The third-order valence-corrected chi connectivity index (χ3v) is 4.43. The molecule has 1 atom stereocenters. The highest BCUT2D eigenvalue weighted by Gasteiger charge is 2.18. The second kappa shape index (κ2) is 11.8. The molecule has 0 amide bonds. The summed E-state index contributed by atoms with van der Waals surface area (Å²) in [6.07, 6.45) is 20.2. The molecule has 0 aromatic rings. The molecule has 0 aromatic carbocycles. The molecule has 1 nitrogen and oxygen atoms in total. The molecular formula is C18H36O. The van der Waals surface area contributed by atoms with Crippen LogP contribution in [0.15, 0.2) is 0 Å². The van der Waals surface area contributed by atoms with Crippen molar-refractivity contribution in [3.63, 3.8) is 0 Å². The van der Waals surface area contributed by atoms with Crippen LogP contribution >= 0.6 is 0 Å². The molecule has 1 heteroatoms. The minimum atomic E-state index is 0.555. The molecule has 0 aliphatic heterocycles. The van der Waals surface area contributed by atoms with Crippen LogP contribution in [0.1, 0.15) is 104 Å². The van der Waals surface area contributed by atoms with Crippen LogP contribution in [0.2, 0.25) is 0 Å². The molecule has 114 valence electrons. The molecule has 0 radical (unpaired) electrons. The van der Waals surface area contributed by atoms with E-state index in [9.17, 15) is 0 Å². The Hall–Kier alpha value is -0.0400. The van der Waals surface area contributed by atoms with E-state index in [1.54, 1.807) is 0 Å². The van der Waals surface area contributed by atoms with Crippen molar-refractivity contribution in [3.8, 4) is 0 Å². The number of ether oxygens (including phenoxy) is 1. The van der Waals surface area contributed by atoms with Crippen molar-refractivity contribution >= 4 is 0 Å². The van der Waals surface area contributed by atoms with E-state index in [-0.39, 0.29) is 0 Å². The van der Waals surface area contributed by atoms with E-state index < -0.39 is 0 Å². The lowest BCUT2D eigenvalue weighted by Gasteiger charge is -2.27. The van der Waals surface area contributed by atoms with Crippen LogP contribution in [0.3, 0.4) is 0 Å². The predicted octanol–water partition coefficient (Wildman–Crippen LogP) is 6.26. The van der Waals surface area contributed by atoms with Gasteiger partial charge in [-0.3, -0.25) is 0 Å². The van der Waals surface area contributed by atoms with Crippen molar-refractivity contribution < 1.29 is 4.74 Å². The maximum atomic E-state index is 6.36. The van der Waals surface area contributed by atoms with Crippen LogP contribution in [0.5, 0.6) is 0 Å². The fourth-order valence-corrected chi connectivity index (χ4v) is 3.23. The molecule has 1 aliphatic carbocycles. The van der Waals surface area contributed by atoms with Gasteiger partial charge >= 0.3 is 0 Å². The lowest BCUT2D eigenvalue weighted by Crippen LogP contribution is -2.24. The van der Waals surface area contributed by atoms with Crippen LogP contribution in [-0.4, -0.2) is 12.2 Å². The van der Waals surface area contributed by atoms with Crippen LogP contribution in [-0.2, 0) is 4.74 Å². The number of rotatable bonds is 11. The summed E-state index contributed by atoms with van der Waals surface area (Å²) in [6, 6.07) is 0. The molecule has 0 heterocycles. The third-order valence-electron chi connectivity index (χ3n) is 4.43. The molecule has 19 heavy (non-hydrogen) atoms. The summed E-state index contributed by atoms with van der Waals surface area (Å²) in [7, 11) is 0. The summed E-state index contributed by atoms with van der Waals surface area (Å²) in [5, 5.41) is 0. The number of hydrogen-bond donors (Lipinski definition) is 0. The molecule has 1 aliphatic rings. The van der Waals surface area contributed by atoms with Crippen LogP contribution in [0, 0.1) is 0 Å². The maximum Gasteiger partial charge on any atom is 0.0578 e. The van der Waals surface area contributed by atoms with Crippen molar-refractivity contribution in [1.82, 2.24) is 0 Å². The second-order valence-electron chi connectivity index (χ2n) is 6.36. The predicted molar refractivity (Wildman–Crippen MR) is 84.6 cm³/mol. The van der Waals surface area contributed by atoms with Gasteiger partial charge in [0.15, 0.2) is 0 Å². The Morgan fingerprint density at radius 2 is 1.47 bits per heavy atom. The van der Waals surface area contributed by atoms with Gasteiger partial charge in [0.25, 0.3) is 0 Å². The third kappa shape index (κ3) is 8.68. The average Bonchev–Trinajstić information content (AvgIpc) is 2.44. The second-order valence-corrected chi connectivity index (χ2v) is 6.36. The first kappa shape index (κ1) is 17.0. The zero-order valence-electron chi connectivity index (χ0n) is 13.5. The van der Waals surface area contributed by atoms with Gasteiger partial charge < -0.3 is 4.74 Å². The monoisotopic (exact) mass is 268 g/mol. The molecule has 0 bridgehead atoms. The summed E-state index contributed by atoms with van der Waals surface area (Å²) in [4.78, 5) is 0. The standard InChI is InChI=1S/C18H36O/c1-3-5-6-7-8-10-14-17(13-4-2)19-18-15-11-9-12-16-18/h17-18H,3-16H2,1-2H3. The van der Waals surface area contributed by atoms with E-state index >= 15 is 0 Å². The quantitative estimate of drug-likeness (QED) is 0.402. The molecule has 0 aromatic heterocycles. The Morgan fingerprint density at radius 3 is 2.16 bits per heavy atom. The number of hydrogen-bond acceptors (Lipinski definition) is 1. The SMILES string of the molecule is CCCCCCCCC(CCC)OC1CCCCC1. The van der Waals surface area contributed by atoms with Crippen LogP contribution in [0.4, 0.5) is 0 Å². The average molecular weight is 268 g/mol. The summed E-state index contributed by atoms with van der Waals surface area (Å²) >= 11 is 0. The van der Waals surface area contributed by atoms with Crippen molar-refractivity contribution in [1.29, 1.82) is 0 Å². The first-order valence-corrected chi connectivity index (χ1v) is 9.02. The van der Waals surface area contributed by atoms with Gasteiger partial charge in [-0.1, -0.05) is 78.1 Å². The molecule has 0 spiro atoms. The van der Waals surface area contributed by atoms with Crippen molar-refractivity contribution in [2.24, 2.45) is 0 Å². The zero-order valence-corrected chi connectivity index (χ0v) is 13.5. The molecule has 1 saturated carbocycles. The van der Waals surface area contributed by atoms with E-state index in [4.69, 9.17) is 4.74 Å². The van der Waals surface area contributed by atoms with E-state index in [1.165, 1.54) is 89.9 Å². The molecule has 0 saturated heterocycles. The van der Waals surface area contributed by atoms with Gasteiger partial charge in [-0.15, -0.1) is 0 Å². The highest BCUT2D eigenvalue weighted by molar-refractivity contribution is 4.68. The Morgan fingerprint density at radius 1 is 0.789 bits per heavy atom. The minimum absolute atomic E-state index is 0.555. The van der Waals surface area contributed by atoms with Gasteiger partial charge in [0.2, 0.25) is 0 Å². The Bertz CT molecular complexity index is 184. The van der Waals surface area contributed by atoms with Gasteiger partial charge in [-0.25, -0.2) is 0 Å². The summed E-state index contributed by atoms with van der Waals surface area (Å²) in [5.74, 6) is 0. The summed E-state index contributed by atoms with van der Waals surface area (Å²) in [5.41, 5.74) is 0. The van der Waals surface area contributed by atoms with E-state index in [2.05, 4.69) is 13.8 Å². The van der Waals surface area contributed by atoms with Crippen molar-refractivity contribution in [2.45, 2.75) is 116 Å². The minimum Gasteiger partial charge on any atom is -0.375 e. The van der Waals surface area contributed by atoms with Gasteiger partial charge in [-0.2, -0.15) is 0 Å². The van der Waals surface area contributed by atoms with Gasteiger partial charge in [0, 0.05) is 0 Å². The Balaban J connectivity index is 2.09. The fourth-order valence-electron chi connectivity index (χ4n) is 3.23. The van der Waals surface area contributed by atoms with Crippen LogP contribution in [0.25, 0.3) is 0 Å². The highest BCUT2D eigenvalue weighted by Crippen LogP contribution is 2.24. The van der Waals surface area contributed by atoms with Gasteiger partial charge in [0.1, 0.15) is 0 Å². The van der Waals surface area contributed by atoms with E-state index in [0.29, 0.717) is 12.2 Å². The van der Waals surface area contributed by atoms with E-state index in [0.717, 1.165) is 0 Å². The fraction of sp³-hybridized carbons (Fsp3) is 1.00. The first-order valence-electron chi connectivity index (χ1n) is 9.02. The maximum absolute atomic E-state index is 6.36. The van der Waals surface area contributed by atoms with Crippen LogP contribution < -0.4 is 0 Å². The normalized spacial score (nSPS) is 18.6. The molecule has 1 rings (SSSR count). The molecular weight excluding hydrogens is 232 g/mol.